The van der Waals surface area contributed by atoms with E-state index < -0.39 is 10.0 Å². The first-order chi connectivity index (χ1) is 11.9. The van der Waals surface area contributed by atoms with Gasteiger partial charge in [0.1, 0.15) is 5.76 Å². The maximum atomic E-state index is 12.7. The van der Waals surface area contributed by atoms with E-state index >= 15 is 0 Å². The number of nitrogens with zero attached hydrogens (tertiary/aromatic N) is 2. The van der Waals surface area contributed by atoms with E-state index in [4.69, 9.17) is 4.42 Å². The summed E-state index contributed by atoms with van der Waals surface area (Å²) in [5.74, 6) is 0.678. The third-order valence-corrected chi connectivity index (χ3v) is 6.25. The smallest absolute Gasteiger partial charge is 0.254 e. The molecule has 0 N–H and O–H groups in total. The highest BCUT2D eigenvalue weighted by Gasteiger charge is 2.28. The summed E-state index contributed by atoms with van der Waals surface area (Å²) in [7, 11) is -1.61. The molecule has 0 radical (unpaired) electrons. The Balaban J connectivity index is 1.87. The van der Waals surface area contributed by atoms with Gasteiger partial charge >= 0.3 is 0 Å². The molecule has 0 atom stereocenters. The number of benzene rings is 1. The lowest BCUT2D eigenvalue weighted by Gasteiger charge is -2.30. The van der Waals surface area contributed by atoms with Crippen molar-refractivity contribution in [3.8, 4) is 0 Å². The van der Waals surface area contributed by atoms with Crippen LogP contribution in [-0.4, -0.2) is 38.6 Å². The molecule has 2 aromatic rings. The number of anilines is 1. The number of carbonyl (C=O) groups excluding carboxylic acids is 1. The van der Waals surface area contributed by atoms with Crippen LogP contribution in [0.5, 0.6) is 0 Å². The van der Waals surface area contributed by atoms with Crippen molar-refractivity contribution in [2.45, 2.75) is 26.3 Å². The Kier molecular flexibility index (Phi) is 4.85. The maximum Gasteiger partial charge on any atom is 0.254 e. The molecule has 134 valence electrons. The molecular weight excluding hydrogens is 340 g/mol. The Morgan fingerprint density at radius 3 is 2.76 bits per heavy atom. The fraction of sp³-hybridized carbons (Fsp3) is 0.389. The van der Waals surface area contributed by atoms with Gasteiger partial charge in [-0.3, -0.25) is 9.10 Å². The number of furan rings is 1. The summed E-state index contributed by atoms with van der Waals surface area (Å²) in [4.78, 5) is 14.2. The largest absolute Gasteiger partial charge is 0.467 e. The van der Waals surface area contributed by atoms with Gasteiger partial charge in [0, 0.05) is 19.2 Å². The van der Waals surface area contributed by atoms with Crippen molar-refractivity contribution in [3.05, 3.63) is 53.5 Å². The number of amides is 1. The van der Waals surface area contributed by atoms with E-state index in [1.807, 2.05) is 13.0 Å². The molecule has 0 spiro atoms. The van der Waals surface area contributed by atoms with Crippen molar-refractivity contribution in [2.24, 2.45) is 0 Å². The summed E-state index contributed by atoms with van der Waals surface area (Å²) in [6.45, 7) is 2.68. The molecule has 1 aliphatic rings. The molecule has 1 aromatic carbocycles. The highest BCUT2D eigenvalue weighted by Crippen LogP contribution is 2.28. The predicted octanol–water partition coefficient (Wildman–Crippen LogP) is 2.79. The van der Waals surface area contributed by atoms with E-state index in [0.29, 0.717) is 36.5 Å². The molecule has 25 heavy (non-hydrogen) atoms. The minimum Gasteiger partial charge on any atom is -0.467 e. The van der Waals surface area contributed by atoms with Crippen molar-refractivity contribution in [2.75, 3.05) is 23.7 Å². The number of hydrogen-bond donors (Lipinski definition) is 0. The van der Waals surface area contributed by atoms with Crippen LogP contribution in [0.3, 0.4) is 0 Å². The third kappa shape index (κ3) is 3.71. The van der Waals surface area contributed by atoms with Crippen LogP contribution >= 0.6 is 0 Å². The van der Waals surface area contributed by atoms with Crippen LogP contribution in [0.15, 0.2) is 41.0 Å². The summed E-state index contributed by atoms with van der Waals surface area (Å²) in [6.07, 6.45) is 3.08. The quantitative estimate of drug-likeness (QED) is 0.838. The van der Waals surface area contributed by atoms with Crippen LogP contribution in [0.2, 0.25) is 0 Å². The molecule has 6 nitrogen and oxygen atoms in total. The minimum absolute atomic E-state index is 0.156. The van der Waals surface area contributed by atoms with Gasteiger partial charge in [-0.05, 0) is 49.6 Å². The highest BCUT2D eigenvalue weighted by molar-refractivity contribution is 7.92. The molecule has 1 fully saturated rings. The van der Waals surface area contributed by atoms with Gasteiger partial charge in [-0.15, -0.1) is 0 Å². The Bertz CT molecular complexity index is 859. The Morgan fingerprint density at radius 2 is 2.08 bits per heavy atom. The van der Waals surface area contributed by atoms with Crippen LogP contribution in [0.1, 0.15) is 34.5 Å². The third-order valence-electron chi connectivity index (χ3n) is 4.39. The second-order valence-electron chi connectivity index (χ2n) is 6.34. The molecule has 0 unspecified atom stereocenters. The summed E-state index contributed by atoms with van der Waals surface area (Å²) >= 11 is 0. The molecule has 0 saturated carbocycles. The van der Waals surface area contributed by atoms with Crippen LogP contribution in [0.25, 0.3) is 0 Å². The molecule has 1 saturated heterocycles. The Hall–Kier alpha value is -2.28. The first kappa shape index (κ1) is 17.5. The summed E-state index contributed by atoms with van der Waals surface area (Å²) < 4.78 is 31.5. The molecule has 0 bridgehead atoms. The van der Waals surface area contributed by atoms with Crippen LogP contribution in [-0.2, 0) is 16.6 Å². The highest BCUT2D eigenvalue weighted by atomic mass is 32.2. The number of aryl methyl sites for hydroxylation is 1. The minimum atomic E-state index is -3.31. The molecule has 1 aliphatic heterocycles. The maximum absolute atomic E-state index is 12.7. The van der Waals surface area contributed by atoms with Crippen LogP contribution < -0.4 is 4.31 Å². The van der Waals surface area contributed by atoms with E-state index in [2.05, 4.69) is 0 Å². The van der Waals surface area contributed by atoms with E-state index in [-0.39, 0.29) is 11.7 Å². The monoisotopic (exact) mass is 362 g/mol. The number of carbonyl (C=O) groups is 1. The van der Waals surface area contributed by atoms with E-state index in [9.17, 15) is 13.2 Å². The molecule has 1 aromatic heterocycles. The molecule has 2 heterocycles. The average Bonchev–Trinajstić information content (AvgIpc) is 3.07. The van der Waals surface area contributed by atoms with Gasteiger partial charge in [0.15, 0.2) is 0 Å². The average molecular weight is 362 g/mol. The second kappa shape index (κ2) is 6.92. The standard InChI is InChI=1S/C18H22N2O4S/c1-14-7-8-15(18(21)19(2)13-16-6-5-10-24-16)12-17(14)20-9-3-4-11-25(20,22)23/h5-8,10,12H,3-4,9,11,13H2,1-2H3. The van der Waals surface area contributed by atoms with Gasteiger partial charge in [-0.1, -0.05) is 6.07 Å². The van der Waals surface area contributed by atoms with E-state index in [1.54, 1.807) is 42.5 Å². The fourth-order valence-corrected chi connectivity index (χ4v) is 4.69. The summed E-state index contributed by atoms with van der Waals surface area (Å²) in [6, 6.07) is 8.80. The zero-order valence-electron chi connectivity index (χ0n) is 14.4. The fourth-order valence-electron chi connectivity index (χ4n) is 3.00. The van der Waals surface area contributed by atoms with Crippen LogP contribution in [0, 0.1) is 6.92 Å². The molecule has 1 amide bonds. The number of sulfonamides is 1. The van der Waals surface area contributed by atoms with Crippen molar-refractivity contribution < 1.29 is 17.6 Å². The Labute approximate surface area is 148 Å². The SMILES string of the molecule is Cc1ccc(C(=O)N(C)Cc2ccco2)cc1N1CCCCS1(=O)=O. The van der Waals surface area contributed by atoms with Crippen molar-refractivity contribution in [3.63, 3.8) is 0 Å². The molecule has 3 rings (SSSR count). The first-order valence-corrected chi connectivity index (χ1v) is 9.88. The molecular formula is C18H22N2O4S. The van der Waals surface area contributed by atoms with Crippen molar-refractivity contribution in [1.82, 2.24) is 4.90 Å². The number of hydrogen-bond acceptors (Lipinski definition) is 4. The topological polar surface area (TPSA) is 70.8 Å². The van der Waals surface area contributed by atoms with Gasteiger partial charge in [0.05, 0.1) is 24.2 Å². The van der Waals surface area contributed by atoms with Gasteiger partial charge in [-0.2, -0.15) is 0 Å². The normalized spacial score (nSPS) is 16.6. The summed E-state index contributed by atoms with van der Waals surface area (Å²) in [5, 5.41) is 0. The van der Waals surface area contributed by atoms with Gasteiger partial charge in [0.25, 0.3) is 5.91 Å². The number of rotatable bonds is 4. The van der Waals surface area contributed by atoms with Crippen molar-refractivity contribution in [1.29, 1.82) is 0 Å². The lowest BCUT2D eigenvalue weighted by atomic mass is 10.1. The van der Waals surface area contributed by atoms with Gasteiger partial charge in [-0.25, -0.2) is 8.42 Å². The second-order valence-corrected chi connectivity index (χ2v) is 8.35. The zero-order valence-corrected chi connectivity index (χ0v) is 15.3. The lowest BCUT2D eigenvalue weighted by molar-refractivity contribution is 0.0775. The molecule has 7 heteroatoms. The van der Waals surface area contributed by atoms with E-state index in [0.717, 1.165) is 12.0 Å². The first-order valence-electron chi connectivity index (χ1n) is 8.27. The van der Waals surface area contributed by atoms with E-state index in [1.165, 1.54) is 4.31 Å². The van der Waals surface area contributed by atoms with Crippen molar-refractivity contribution >= 4 is 21.6 Å². The Morgan fingerprint density at radius 1 is 1.28 bits per heavy atom. The predicted molar refractivity (Wildman–Crippen MR) is 96.1 cm³/mol. The lowest BCUT2D eigenvalue weighted by Crippen LogP contribution is -2.38. The van der Waals surface area contributed by atoms with Gasteiger partial charge < -0.3 is 9.32 Å². The van der Waals surface area contributed by atoms with Gasteiger partial charge in [0.2, 0.25) is 10.0 Å². The van der Waals surface area contributed by atoms with Crippen LogP contribution in [0.4, 0.5) is 5.69 Å². The molecule has 0 aliphatic carbocycles. The summed E-state index contributed by atoms with van der Waals surface area (Å²) in [5.41, 5.74) is 1.91. The zero-order chi connectivity index (χ0) is 18.0.